The molecule has 9 rings (SSSR count). The Bertz CT molecular complexity index is 3220. The summed E-state index contributed by atoms with van der Waals surface area (Å²) >= 11 is 0. The molecular weight excluding hydrogens is 544 g/mol. The first-order valence-electron chi connectivity index (χ1n) is 21.7. The van der Waals surface area contributed by atoms with Crippen LogP contribution in [-0.4, -0.2) is 0 Å². The molecule has 210 valence electrons. The maximum atomic E-state index is 9.55. The van der Waals surface area contributed by atoms with Crippen molar-refractivity contribution in [2.24, 2.45) is 0 Å². The lowest BCUT2D eigenvalue weighted by Crippen LogP contribution is -1.92. The van der Waals surface area contributed by atoms with E-state index in [2.05, 4.69) is 0 Å². The van der Waals surface area contributed by atoms with Gasteiger partial charge in [-0.25, -0.2) is 0 Å². The largest absolute Gasteiger partial charge is 0.456 e. The Balaban J connectivity index is 1.56. The number of fused-ring (bicyclic) bond motifs is 5. The second kappa shape index (κ2) is 10.4. The van der Waals surface area contributed by atoms with Gasteiger partial charge >= 0.3 is 0 Å². The summed E-state index contributed by atoms with van der Waals surface area (Å²) in [4.78, 5) is 0. The monoisotopic (exact) mass is 587 g/mol. The zero-order valence-corrected chi connectivity index (χ0v) is 23.4. The van der Waals surface area contributed by atoms with Gasteiger partial charge in [0.05, 0.1) is 20.6 Å². The molecule has 1 aromatic heterocycles. The van der Waals surface area contributed by atoms with Gasteiger partial charge in [0.25, 0.3) is 0 Å². The fourth-order valence-electron chi connectivity index (χ4n) is 5.95. The molecule has 0 atom stereocenters. The summed E-state index contributed by atoms with van der Waals surface area (Å²) in [6.07, 6.45) is 0. The molecule has 1 nitrogen and oxygen atoms in total. The number of benzene rings is 8. The first-order valence-corrected chi connectivity index (χ1v) is 14.2. The van der Waals surface area contributed by atoms with Crippen LogP contribution in [0.2, 0.25) is 0 Å². The Kier molecular flexibility index (Phi) is 3.39. The molecule has 0 amide bonds. The molecule has 0 saturated carbocycles. The highest BCUT2D eigenvalue weighted by molar-refractivity contribution is 6.22. The van der Waals surface area contributed by atoms with Gasteiger partial charge in [0, 0.05) is 10.8 Å². The van der Waals surface area contributed by atoms with Crippen LogP contribution >= 0.6 is 0 Å². The van der Waals surface area contributed by atoms with Crippen LogP contribution in [-0.2, 0) is 0 Å². The summed E-state index contributed by atoms with van der Waals surface area (Å²) < 4.78 is 141. The summed E-state index contributed by atoms with van der Waals surface area (Å²) in [6.45, 7) is 0. The van der Waals surface area contributed by atoms with Crippen molar-refractivity contribution in [1.29, 1.82) is 0 Å². The van der Waals surface area contributed by atoms with Crippen LogP contribution in [0.3, 0.4) is 0 Å². The topological polar surface area (TPSA) is 13.1 Å². The van der Waals surface area contributed by atoms with E-state index in [1.165, 1.54) is 0 Å². The van der Waals surface area contributed by atoms with Crippen molar-refractivity contribution in [3.8, 4) is 44.5 Å². The van der Waals surface area contributed by atoms with Crippen LogP contribution in [0.15, 0.2) is 174 Å². The van der Waals surface area contributed by atoms with E-state index in [9.17, 15) is 9.60 Å². The van der Waals surface area contributed by atoms with Crippen molar-refractivity contribution >= 4 is 43.5 Å². The van der Waals surface area contributed by atoms with Gasteiger partial charge in [0.15, 0.2) is 0 Å². The molecule has 0 N–H and O–H groups in total. The van der Waals surface area contributed by atoms with E-state index < -0.39 is 102 Å². The van der Waals surface area contributed by atoms with Crippen LogP contribution in [0.1, 0.15) is 20.6 Å². The molecule has 0 aliphatic rings. The third kappa shape index (κ3) is 4.24. The number of hydrogen-bond acceptors (Lipinski definition) is 1. The van der Waals surface area contributed by atoms with Gasteiger partial charge in [-0.3, -0.25) is 0 Å². The van der Waals surface area contributed by atoms with Crippen LogP contribution < -0.4 is 0 Å². The van der Waals surface area contributed by atoms with E-state index >= 15 is 0 Å². The molecule has 8 aromatic carbocycles. The van der Waals surface area contributed by atoms with Gasteiger partial charge in [0.1, 0.15) is 11.2 Å². The number of hydrogen-bond donors (Lipinski definition) is 0. The molecular formula is C44H28O. The third-order valence-corrected chi connectivity index (χ3v) is 7.95. The fraction of sp³-hybridized carbons (Fsp3) is 0. The third-order valence-electron chi connectivity index (χ3n) is 7.95. The maximum absolute atomic E-state index is 9.55. The Morgan fingerprint density at radius 3 is 1.36 bits per heavy atom. The molecule has 0 bridgehead atoms. The normalized spacial score (nSPS) is 16.2. The predicted molar refractivity (Wildman–Crippen MR) is 190 cm³/mol. The molecule has 1 heterocycles. The quantitative estimate of drug-likeness (QED) is 0.187. The molecule has 0 unspecified atom stereocenters. The zero-order chi connectivity index (χ0) is 42.8. The van der Waals surface area contributed by atoms with Gasteiger partial charge in [-0.1, -0.05) is 133 Å². The predicted octanol–water partition coefficient (Wildman–Crippen LogP) is 12.6. The molecule has 0 spiro atoms. The summed E-state index contributed by atoms with van der Waals surface area (Å²) in [5, 5.41) is -1.35. The summed E-state index contributed by atoms with van der Waals surface area (Å²) in [7, 11) is 0. The molecule has 45 heavy (non-hydrogen) atoms. The van der Waals surface area contributed by atoms with Crippen LogP contribution in [0.5, 0.6) is 0 Å². The van der Waals surface area contributed by atoms with Crippen molar-refractivity contribution < 1.29 is 25.0 Å². The minimum atomic E-state index is -0.699. The highest BCUT2D eigenvalue weighted by Gasteiger charge is 2.19. The Morgan fingerprint density at radius 2 is 0.800 bits per heavy atom. The van der Waals surface area contributed by atoms with E-state index in [1.807, 2.05) is 66.7 Å². The van der Waals surface area contributed by atoms with Gasteiger partial charge in [-0.15, -0.1) is 0 Å². The van der Waals surface area contributed by atoms with E-state index in [0.717, 1.165) is 11.1 Å². The molecule has 9 aromatic rings. The standard InChI is InChI=1S/C44H28O/c1-3-13-29(14-4-1)32-25-33(30-15-5-2-6-16-30)27-34(26-32)44-39-20-9-7-18-37(39)43(38-19-8-10-21-40(38)44)31-23-24-36-35-17-11-12-22-41(35)45-42(36)28-31/h1-28H/i7D,8D,9D,10D,11D,12D,17D,18D,19D,20D,21D,22D,23D,24D,28D. The summed E-state index contributed by atoms with van der Waals surface area (Å²) in [5.41, 5.74) is 1.82. The van der Waals surface area contributed by atoms with Crippen molar-refractivity contribution in [2.75, 3.05) is 0 Å². The van der Waals surface area contributed by atoms with E-state index in [0.29, 0.717) is 16.7 Å². The number of para-hydroxylation sites is 1. The van der Waals surface area contributed by atoms with Crippen molar-refractivity contribution in [3.05, 3.63) is 169 Å². The molecule has 0 aliphatic carbocycles. The fourth-order valence-corrected chi connectivity index (χ4v) is 5.95. The average molecular weight is 588 g/mol. The Labute approximate surface area is 282 Å². The van der Waals surface area contributed by atoms with Gasteiger partial charge in [-0.05, 0) is 102 Å². The van der Waals surface area contributed by atoms with Crippen molar-refractivity contribution in [2.45, 2.75) is 0 Å². The lowest BCUT2D eigenvalue weighted by molar-refractivity contribution is 0.669. The van der Waals surface area contributed by atoms with Crippen molar-refractivity contribution in [1.82, 2.24) is 0 Å². The second-order valence-electron chi connectivity index (χ2n) is 10.5. The summed E-state index contributed by atoms with van der Waals surface area (Å²) in [5.74, 6) is 0. The SMILES string of the molecule is [2H]c1c([2H])c([2H])c2c(oc3c([2H])c(-c4c5c([2H])c([2H])c([2H])c([2H])c5c(-c5cc(-c6ccccc6)cc(-c6ccccc6)c5)c5c([2H])c([2H])c([2H])c([2H])c45)c([2H])c([2H])c32)c1[2H]. The van der Waals surface area contributed by atoms with Crippen LogP contribution in [0.4, 0.5) is 0 Å². The minimum absolute atomic E-state index is 0.0512. The first kappa shape index (κ1) is 14.7. The molecule has 0 radical (unpaired) electrons. The summed E-state index contributed by atoms with van der Waals surface area (Å²) in [6, 6.07) is 14.9. The number of rotatable bonds is 4. The molecule has 0 fully saturated rings. The van der Waals surface area contributed by atoms with E-state index in [1.54, 1.807) is 12.1 Å². The van der Waals surface area contributed by atoms with Gasteiger partial charge in [-0.2, -0.15) is 0 Å². The molecule has 1 heteroatoms. The van der Waals surface area contributed by atoms with Crippen LogP contribution in [0.25, 0.3) is 88.0 Å². The molecule has 0 aliphatic heterocycles. The Morgan fingerprint density at radius 1 is 0.356 bits per heavy atom. The van der Waals surface area contributed by atoms with Gasteiger partial charge in [0.2, 0.25) is 0 Å². The van der Waals surface area contributed by atoms with E-state index in [4.69, 9.17) is 15.4 Å². The Hall–Kier alpha value is -5.92. The average Bonchev–Trinajstić information content (AvgIpc) is 3.68. The maximum Gasteiger partial charge on any atom is 0.136 e. The number of furan rings is 1. The zero-order valence-electron chi connectivity index (χ0n) is 38.4. The van der Waals surface area contributed by atoms with Crippen molar-refractivity contribution in [3.63, 3.8) is 0 Å². The molecule has 0 saturated heterocycles. The second-order valence-corrected chi connectivity index (χ2v) is 10.5. The van der Waals surface area contributed by atoms with Crippen LogP contribution in [0, 0.1) is 0 Å². The highest BCUT2D eigenvalue weighted by atomic mass is 16.3. The lowest BCUT2D eigenvalue weighted by atomic mass is 9.84. The van der Waals surface area contributed by atoms with E-state index in [-0.39, 0.29) is 49.0 Å². The minimum Gasteiger partial charge on any atom is -0.456 e. The lowest BCUT2D eigenvalue weighted by Gasteiger charge is -2.19. The first-order chi connectivity index (χ1) is 28.6. The van der Waals surface area contributed by atoms with Gasteiger partial charge < -0.3 is 4.42 Å². The highest BCUT2D eigenvalue weighted by Crippen LogP contribution is 2.46. The smallest absolute Gasteiger partial charge is 0.136 e.